The lowest BCUT2D eigenvalue weighted by Crippen LogP contribution is -2.21. The van der Waals surface area contributed by atoms with E-state index in [-0.39, 0.29) is 6.04 Å². The van der Waals surface area contributed by atoms with Gasteiger partial charge in [0, 0.05) is 11.5 Å². The van der Waals surface area contributed by atoms with E-state index < -0.39 is 0 Å². The lowest BCUT2D eigenvalue weighted by Gasteiger charge is -2.18. The van der Waals surface area contributed by atoms with Gasteiger partial charge < -0.3 is 10.1 Å². The molecule has 1 atom stereocenters. The van der Waals surface area contributed by atoms with Crippen molar-refractivity contribution >= 4 is 15.9 Å². The topological polar surface area (TPSA) is 39.1 Å². The van der Waals surface area contributed by atoms with Gasteiger partial charge in [-0.3, -0.25) is 4.68 Å². The Labute approximate surface area is 128 Å². The van der Waals surface area contributed by atoms with Crippen LogP contribution in [0.1, 0.15) is 23.0 Å². The summed E-state index contributed by atoms with van der Waals surface area (Å²) in [5.41, 5.74) is 3.37. The van der Waals surface area contributed by atoms with Crippen LogP contribution in [0.2, 0.25) is 0 Å². The molecule has 1 N–H and O–H groups in total. The van der Waals surface area contributed by atoms with Crippen LogP contribution >= 0.6 is 15.9 Å². The zero-order chi connectivity index (χ0) is 14.7. The molecule has 1 unspecified atom stereocenters. The third-order valence-electron chi connectivity index (χ3n) is 3.41. The number of halogens is 1. The van der Waals surface area contributed by atoms with Crippen molar-refractivity contribution in [3.05, 3.63) is 45.7 Å². The van der Waals surface area contributed by atoms with Crippen molar-refractivity contribution in [2.45, 2.75) is 19.4 Å². The summed E-state index contributed by atoms with van der Waals surface area (Å²) < 4.78 is 8.44. The zero-order valence-electron chi connectivity index (χ0n) is 12.3. The summed E-state index contributed by atoms with van der Waals surface area (Å²) in [6.07, 6.45) is 0.845. The fourth-order valence-electron chi connectivity index (χ4n) is 2.44. The highest BCUT2D eigenvalue weighted by molar-refractivity contribution is 9.10. The molecule has 108 valence electrons. The number of likely N-dealkylation sites (N-methyl/N-ethyl adjacent to an activating group) is 1. The SMILES string of the molecule is CNC(Cc1cc(Br)ccc1OC)c1cc(C)nn1C. The first-order chi connectivity index (χ1) is 9.55. The van der Waals surface area contributed by atoms with Crippen molar-refractivity contribution in [3.8, 4) is 5.75 Å². The molecule has 0 amide bonds. The first kappa shape index (κ1) is 15.1. The molecule has 0 saturated heterocycles. The molecule has 0 bridgehead atoms. The second-order valence-electron chi connectivity index (χ2n) is 4.84. The van der Waals surface area contributed by atoms with Gasteiger partial charge in [0.1, 0.15) is 5.75 Å². The number of methoxy groups -OCH3 is 1. The molecule has 1 aromatic heterocycles. The van der Waals surface area contributed by atoms with Crippen LogP contribution in [0.5, 0.6) is 5.75 Å². The Kier molecular flexibility index (Phi) is 4.83. The van der Waals surface area contributed by atoms with Crippen LogP contribution in [0.15, 0.2) is 28.7 Å². The van der Waals surface area contributed by atoms with Gasteiger partial charge in [-0.25, -0.2) is 0 Å². The monoisotopic (exact) mass is 337 g/mol. The molecule has 0 radical (unpaired) electrons. The van der Waals surface area contributed by atoms with Gasteiger partial charge in [0.25, 0.3) is 0 Å². The maximum absolute atomic E-state index is 5.45. The highest BCUT2D eigenvalue weighted by Gasteiger charge is 2.17. The van der Waals surface area contributed by atoms with Crippen molar-refractivity contribution < 1.29 is 4.74 Å². The molecule has 0 fully saturated rings. The number of benzene rings is 1. The Bertz CT molecular complexity index is 595. The lowest BCUT2D eigenvalue weighted by molar-refractivity contribution is 0.405. The summed E-state index contributed by atoms with van der Waals surface area (Å²) in [5.74, 6) is 0.910. The van der Waals surface area contributed by atoms with Gasteiger partial charge in [0.05, 0.1) is 24.5 Å². The van der Waals surface area contributed by atoms with Crippen LogP contribution in [0.25, 0.3) is 0 Å². The fraction of sp³-hybridized carbons (Fsp3) is 0.400. The average molecular weight is 338 g/mol. The standard InChI is InChI=1S/C15H20BrN3O/c1-10-7-14(19(3)18-10)13(17-2)9-11-8-12(16)5-6-15(11)20-4/h5-8,13,17H,9H2,1-4H3. The van der Waals surface area contributed by atoms with E-state index in [9.17, 15) is 0 Å². The number of nitrogens with one attached hydrogen (secondary N) is 1. The predicted octanol–water partition coefficient (Wildman–Crippen LogP) is 3.00. The van der Waals surface area contributed by atoms with Gasteiger partial charge in [-0.05, 0) is 50.2 Å². The number of hydrogen-bond donors (Lipinski definition) is 1. The molecule has 0 saturated carbocycles. The van der Waals surface area contributed by atoms with Crippen LogP contribution in [0, 0.1) is 6.92 Å². The average Bonchev–Trinajstić information content (AvgIpc) is 2.75. The van der Waals surface area contributed by atoms with E-state index in [0.29, 0.717) is 0 Å². The Morgan fingerprint density at radius 2 is 2.15 bits per heavy atom. The molecule has 1 heterocycles. The normalized spacial score (nSPS) is 12.4. The van der Waals surface area contributed by atoms with E-state index in [0.717, 1.165) is 22.3 Å². The van der Waals surface area contributed by atoms with Crippen LogP contribution in [0.4, 0.5) is 0 Å². The summed E-state index contributed by atoms with van der Waals surface area (Å²) in [6.45, 7) is 2.01. The second-order valence-corrected chi connectivity index (χ2v) is 5.75. The fourth-order valence-corrected chi connectivity index (χ4v) is 2.85. The van der Waals surface area contributed by atoms with Gasteiger partial charge in [-0.2, -0.15) is 5.10 Å². The van der Waals surface area contributed by atoms with Crippen LogP contribution in [-0.2, 0) is 13.5 Å². The van der Waals surface area contributed by atoms with Gasteiger partial charge in [0.2, 0.25) is 0 Å². The highest BCUT2D eigenvalue weighted by Crippen LogP contribution is 2.28. The molecule has 0 aliphatic rings. The third-order valence-corrected chi connectivity index (χ3v) is 3.90. The molecule has 4 nitrogen and oxygen atoms in total. The highest BCUT2D eigenvalue weighted by atomic mass is 79.9. The van der Waals surface area contributed by atoms with E-state index >= 15 is 0 Å². The molecule has 20 heavy (non-hydrogen) atoms. The molecule has 0 aliphatic carbocycles. The Balaban J connectivity index is 2.31. The minimum Gasteiger partial charge on any atom is -0.496 e. The first-order valence-corrected chi connectivity index (χ1v) is 7.34. The zero-order valence-corrected chi connectivity index (χ0v) is 13.9. The minimum atomic E-state index is 0.199. The summed E-state index contributed by atoms with van der Waals surface area (Å²) in [7, 11) is 5.65. The van der Waals surface area contributed by atoms with E-state index in [2.05, 4.69) is 38.5 Å². The molecule has 2 aromatic rings. The minimum absolute atomic E-state index is 0.199. The van der Waals surface area contributed by atoms with Crippen molar-refractivity contribution in [1.82, 2.24) is 15.1 Å². The quantitative estimate of drug-likeness (QED) is 0.911. The first-order valence-electron chi connectivity index (χ1n) is 6.55. The van der Waals surface area contributed by atoms with Crippen LogP contribution in [0.3, 0.4) is 0 Å². The predicted molar refractivity (Wildman–Crippen MR) is 84.1 cm³/mol. The molecule has 0 aliphatic heterocycles. The largest absolute Gasteiger partial charge is 0.496 e. The molecule has 1 aromatic carbocycles. The maximum atomic E-state index is 5.45. The molecular weight excluding hydrogens is 318 g/mol. The number of rotatable bonds is 5. The van der Waals surface area contributed by atoms with Gasteiger partial charge in [-0.15, -0.1) is 0 Å². The molecule has 0 spiro atoms. The van der Waals surface area contributed by atoms with E-state index in [1.807, 2.05) is 37.8 Å². The number of ether oxygens (including phenoxy) is 1. The summed E-state index contributed by atoms with van der Waals surface area (Å²) >= 11 is 3.52. The smallest absolute Gasteiger partial charge is 0.122 e. The number of hydrogen-bond acceptors (Lipinski definition) is 3. The summed E-state index contributed by atoms with van der Waals surface area (Å²) in [5, 5.41) is 7.78. The third kappa shape index (κ3) is 3.22. The maximum Gasteiger partial charge on any atom is 0.122 e. The van der Waals surface area contributed by atoms with Gasteiger partial charge >= 0.3 is 0 Å². The van der Waals surface area contributed by atoms with Crippen LogP contribution < -0.4 is 10.1 Å². The van der Waals surface area contributed by atoms with E-state index in [1.54, 1.807) is 7.11 Å². The Morgan fingerprint density at radius 1 is 1.40 bits per heavy atom. The van der Waals surface area contributed by atoms with Crippen molar-refractivity contribution in [3.63, 3.8) is 0 Å². The number of nitrogens with zero attached hydrogens (tertiary/aromatic N) is 2. The van der Waals surface area contributed by atoms with E-state index in [4.69, 9.17) is 4.74 Å². The Hall–Kier alpha value is -1.33. The summed E-state index contributed by atoms with van der Waals surface area (Å²) in [4.78, 5) is 0. The van der Waals surface area contributed by atoms with Crippen LogP contribution in [-0.4, -0.2) is 23.9 Å². The molecule has 5 heteroatoms. The second kappa shape index (κ2) is 6.41. The number of aryl methyl sites for hydroxylation is 2. The van der Waals surface area contributed by atoms with Crippen molar-refractivity contribution in [2.75, 3.05) is 14.2 Å². The van der Waals surface area contributed by atoms with E-state index in [1.165, 1.54) is 11.3 Å². The Morgan fingerprint density at radius 3 is 2.70 bits per heavy atom. The summed E-state index contributed by atoms with van der Waals surface area (Å²) in [6, 6.07) is 8.40. The number of aromatic nitrogens is 2. The van der Waals surface area contributed by atoms with Gasteiger partial charge in [-0.1, -0.05) is 15.9 Å². The van der Waals surface area contributed by atoms with Crippen molar-refractivity contribution in [1.29, 1.82) is 0 Å². The van der Waals surface area contributed by atoms with Gasteiger partial charge in [0.15, 0.2) is 0 Å². The lowest BCUT2D eigenvalue weighted by atomic mass is 10.0. The van der Waals surface area contributed by atoms with Crippen molar-refractivity contribution in [2.24, 2.45) is 7.05 Å². The molecular formula is C15H20BrN3O. The molecule has 2 rings (SSSR count).